The second-order valence-corrected chi connectivity index (χ2v) is 8.81. The van der Waals surface area contributed by atoms with Gasteiger partial charge >= 0.3 is 0 Å². The van der Waals surface area contributed by atoms with E-state index in [2.05, 4.69) is 64.5 Å². The first kappa shape index (κ1) is 21.3. The zero-order valence-corrected chi connectivity index (χ0v) is 18.5. The lowest BCUT2D eigenvalue weighted by Gasteiger charge is -2.42. The maximum atomic E-state index is 13.4. The van der Waals surface area contributed by atoms with Gasteiger partial charge in [0.25, 0.3) is 0 Å². The predicted octanol–water partition coefficient (Wildman–Crippen LogP) is 4.66. The van der Waals surface area contributed by atoms with Crippen LogP contribution in [0.25, 0.3) is 11.1 Å². The van der Waals surface area contributed by atoms with Crippen molar-refractivity contribution >= 4 is 5.91 Å². The number of carbonyl (C=O) groups is 1. The van der Waals surface area contributed by atoms with Crippen molar-refractivity contribution < 1.29 is 4.79 Å². The smallest absolute Gasteiger partial charge is 0.228 e. The van der Waals surface area contributed by atoms with E-state index in [1.807, 2.05) is 38.6 Å². The molecule has 2 aromatic carbocycles. The van der Waals surface area contributed by atoms with Crippen LogP contribution in [0.1, 0.15) is 24.0 Å². The molecule has 2 heterocycles. The van der Waals surface area contributed by atoms with Crippen LogP contribution in [0.2, 0.25) is 0 Å². The molecular formula is C27H31N3O. The summed E-state index contributed by atoms with van der Waals surface area (Å²) < 4.78 is 0. The van der Waals surface area contributed by atoms with Gasteiger partial charge in [-0.25, -0.2) is 0 Å². The van der Waals surface area contributed by atoms with Crippen LogP contribution in [0, 0.1) is 5.41 Å². The second kappa shape index (κ2) is 9.44. The number of rotatable bonds is 6. The first-order chi connectivity index (χ1) is 15.1. The second-order valence-electron chi connectivity index (χ2n) is 8.81. The van der Waals surface area contributed by atoms with Crippen molar-refractivity contribution in [2.75, 3.05) is 27.2 Å². The summed E-state index contributed by atoms with van der Waals surface area (Å²) in [7, 11) is 3.77. The van der Waals surface area contributed by atoms with Gasteiger partial charge in [-0.1, -0.05) is 54.6 Å². The minimum absolute atomic E-state index is 0.247. The van der Waals surface area contributed by atoms with Gasteiger partial charge in [-0.05, 0) is 66.7 Å². The molecule has 0 bridgehead atoms. The van der Waals surface area contributed by atoms with Crippen LogP contribution < -0.4 is 0 Å². The molecule has 3 aromatic rings. The van der Waals surface area contributed by atoms with Crippen molar-refractivity contribution in [3.05, 3.63) is 90.3 Å². The molecule has 160 valence electrons. The van der Waals surface area contributed by atoms with Crippen molar-refractivity contribution in [1.29, 1.82) is 0 Å². The zero-order valence-electron chi connectivity index (χ0n) is 18.5. The molecule has 4 nitrogen and oxygen atoms in total. The molecule has 0 unspecified atom stereocenters. The summed E-state index contributed by atoms with van der Waals surface area (Å²) >= 11 is 0. The Morgan fingerprint density at radius 3 is 2.26 bits per heavy atom. The summed E-state index contributed by atoms with van der Waals surface area (Å²) in [4.78, 5) is 21.8. The molecule has 1 aliphatic rings. The fraction of sp³-hybridized carbons (Fsp3) is 0.333. The normalized spacial score (nSPS) is 16.1. The number of benzene rings is 2. The van der Waals surface area contributed by atoms with E-state index in [0.717, 1.165) is 44.5 Å². The van der Waals surface area contributed by atoms with Gasteiger partial charge in [-0.2, -0.15) is 0 Å². The third-order valence-electron chi connectivity index (χ3n) is 6.46. The number of nitrogens with zero attached hydrogens (tertiary/aromatic N) is 3. The Morgan fingerprint density at radius 1 is 0.935 bits per heavy atom. The average Bonchev–Trinajstić information content (AvgIpc) is 2.81. The highest BCUT2D eigenvalue weighted by atomic mass is 16.2. The fourth-order valence-corrected chi connectivity index (χ4v) is 4.77. The van der Waals surface area contributed by atoms with Gasteiger partial charge < -0.3 is 4.90 Å². The molecule has 31 heavy (non-hydrogen) atoms. The van der Waals surface area contributed by atoms with Crippen LogP contribution in [-0.4, -0.2) is 47.9 Å². The lowest BCUT2D eigenvalue weighted by atomic mass is 9.71. The highest BCUT2D eigenvalue weighted by molar-refractivity contribution is 5.83. The maximum Gasteiger partial charge on any atom is 0.228 e. The minimum Gasteiger partial charge on any atom is -0.348 e. The molecule has 0 spiro atoms. The van der Waals surface area contributed by atoms with Gasteiger partial charge in [0.05, 0.1) is 5.41 Å². The lowest BCUT2D eigenvalue weighted by molar-refractivity contribution is -0.142. The number of amides is 1. The molecule has 0 radical (unpaired) electrons. The molecule has 4 heteroatoms. The SMILES string of the molecule is CN(C)C(=O)C1(Cc2ccccc2-c2ccncc2)CCN(Cc2ccccc2)CC1. The summed E-state index contributed by atoms with van der Waals surface area (Å²) in [5, 5.41) is 0. The summed E-state index contributed by atoms with van der Waals surface area (Å²) in [6, 6.07) is 23.2. The Morgan fingerprint density at radius 2 is 1.58 bits per heavy atom. The van der Waals surface area contributed by atoms with Crippen LogP contribution in [0.3, 0.4) is 0 Å². The Hall–Kier alpha value is -2.98. The number of piperidine rings is 1. The highest BCUT2D eigenvalue weighted by Gasteiger charge is 2.42. The largest absolute Gasteiger partial charge is 0.348 e. The number of aromatic nitrogens is 1. The lowest BCUT2D eigenvalue weighted by Crippen LogP contribution is -2.49. The molecule has 4 rings (SSSR count). The minimum atomic E-state index is -0.361. The molecule has 1 amide bonds. The van der Waals surface area contributed by atoms with Crippen LogP contribution in [0.15, 0.2) is 79.1 Å². The van der Waals surface area contributed by atoms with Gasteiger partial charge in [0.15, 0.2) is 0 Å². The van der Waals surface area contributed by atoms with Crippen LogP contribution in [-0.2, 0) is 17.8 Å². The zero-order chi connectivity index (χ0) is 21.7. The van der Waals surface area contributed by atoms with E-state index in [4.69, 9.17) is 0 Å². The van der Waals surface area contributed by atoms with E-state index < -0.39 is 0 Å². The summed E-state index contributed by atoms with van der Waals surface area (Å²) in [5.74, 6) is 0.247. The molecule has 0 aliphatic carbocycles. The van der Waals surface area contributed by atoms with Gasteiger partial charge in [0.1, 0.15) is 0 Å². The fourth-order valence-electron chi connectivity index (χ4n) is 4.77. The van der Waals surface area contributed by atoms with Gasteiger partial charge in [-0.15, -0.1) is 0 Å². The van der Waals surface area contributed by atoms with E-state index in [-0.39, 0.29) is 11.3 Å². The van der Waals surface area contributed by atoms with E-state index in [1.165, 1.54) is 16.7 Å². The van der Waals surface area contributed by atoms with Gasteiger partial charge in [-0.3, -0.25) is 14.7 Å². The third kappa shape index (κ3) is 4.86. The highest BCUT2D eigenvalue weighted by Crippen LogP contribution is 2.39. The van der Waals surface area contributed by atoms with Crippen LogP contribution in [0.5, 0.6) is 0 Å². The van der Waals surface area contributed by atoms with E-state index in [0.29, 0.717) is 0 Å². The van der Waals surface area contributed by atoms with Crippen molar-refractivity contribution in [1.82, 2.24) is 14.8 Å². The molecule has 0 atom stereocenters. The summed E-state index contributed by atoms with van der Waals surface area (Å²) in [6.07, 6.45) is 6.18. The Balaban J connectivity index is 1.57. The molecule has 0 N–H and O–H groups in total. The standard InChI is InChI=1S/C27H31N3O/c1-29(2)26(31)27(14-18-30(19-15-27)21-22-8-4-3-5-9-22)20-24-10-6-7-11-25(24)23-12-16-28-17-13-23/h3-13,16-17H,14-15,18-21H2,1-2H3. The van der Waals surface area contributed by atoms with Crippen LogP contribution >= 0.6 is 0 Å². The van der Waals surface area contributed by atoms with Crippen LogP contribution in [0.4, 0.5) is 0 Å². The quantitative estimate of drug-likeness (QED) is 0.590. The van der Waals surface area contributed by atoms with Crippen molar-refractivity contribution in [2.24, 2.45) is 5.41 Å². The van der Waals surface area contributed by atoms with Crippen molar-refractivity contribution in [3.63, 3.8) is 0 Å². The number of pyridine rings is 1. The summed E-state index contributed by atoms with van der Waals surface area (Å²) in [5.41, 5.74) is 4.55. The van der Waals surface area contributed by atoms with Crippen molar-refractivity contribution in [2.45, 2.75) is 25.8 Å². The topological polar surface area (TPSA) is 36.4 Å². The maximum absolute atomic E-state index is 13.4. The average molecular weight is 414 g/mol. The molecule has 1 saturated heterocycles. The third-order valence-corrected chi connectivity index (χ3v) is 6.46. The van der Waals surface area contributed by atoms with E-state index in [9.17, 15) is 4.79 Å². The van der Waals surface area contributed by atoms with Gasteiger partial charge in [0.2, 0.25) is 5.91 Å². The molecule has 1 aliphatic heterocycles. The predicted molar refractivity (Wildman–Crippen MR) is 125 cm³/mol. The van der Waals surface area contributed by atoms with E-state index >= 15 is 0 Å². The van der Waals surface area contributed by atoms with Crippen molar-refractivity contribution in [3.8, 4) is 11.1 Å². The number of likely N-dealkylation sites (tertiary alicyclic amines) is 1. The number of hydrogen-bond acceptors (Lipinski definition) is 3. The number of carbonyl (C=O) groups excluding carboxylic acids is 1. The monoisotopic (exact) mass is 413 g/mol. The first-order valence-corrected chi connectivity index (χ1v) is 11.0. The molecular weight excluding hydrogens is 382 g/mol. The Kier molecular flexibility index (Phi) is 6.47. The molecule has 1 fully saturated rings. The summed E-state index contributed by atoms with van der Waals surface area (Å²) in [6.45, 7) is 2.82. The molecule has 0 saturated carbocycles. The molecule has 1 aromatic heterocycles. The number of hydrogen-bond donors (Lipinski definition) is 0. The Bertz CT molecular complexity index is 993. The van der Waals surface area contributed by atoms with E-state index in [1.54, 1.807) is 4.90 Å². The van der Waals surface area contributed by atoms with Gasteiger partial charge in [0, 0.05) is 33.0 Å². The first-order valence-electron chi connectivity index (χ1n) is 11.0. The Labute approximate surface area is 185 Å².